The predicted octanol–water partition coefficient (Wildman–Crippen LogP) is 5.94. The second-order valence-electron chi connectivity index (χ2n) is 9.59. The van der Waals surface area contributed by atoms with Crippen molar-refractivity contribution in [1.29, 1.82) is 0 Å². The van der Waals surface area contributed by atoms with E-state index in [0.29, 0.717) is 36.0 Å². The molecular weight excluding hydrogens is 711 g/mol. The summed E-state index contributed by atoms with van der Waals surface area (Å²) in [5, 5.41) is 9.77. The van der Waals surface area contributed by atoms with Crippen molar-refractivity contribution in [1.82, 2.24) is 14.5 Å². The van der Waals surface area contributed by atoms with Gasteiger partial charge >= 0.3 is 25.8 Å². The molecule has 5 rings (SSSR count). The van der Waals surface area contributed by atoms with Gasteiger partial charge in [-0.05, 0) is 50.7 Å². The van der Waals surface area contributed by atoms with Crippen LogP contribution in [-0.4, -0.2) is 52.3 Å². The Balaban J connectivity index is 0.00000370. The molecule has 0 unspecified atom stereocenters. The van der Waals surface area contributed by atoms with Crippen molar-refractivity contribution in [2.45, 2.75) is 31.8 Å². The second kappa shape index (κ2) is 13.6. The van der Waals surface area contributed by atoms with Gasteiger partial charge in [0.05, 0.1) is 29.7 Å². The van der Waals surface area contributed by atoms with Crippen molar-refractivity contribution >= 4 is 28.6 Å². The first-order valence-corrected chi connectivity index (χ1v) is 13.2. The Morgan fingerprint density at radius 1 is 1.23 bits per heavy atom. The van der Waals surface area contributed by atoms with Gasteiger partial charge in [0.15, 0.2) is 0 Å². The van der Waals surface area contributed by atoms with Crippen molar-refractivity contribution in [2.24, 2.45) is 0 Å². The number of ether oxygens (including phenoxy) is 2. The molecule has 0 aliphatic carbocycles. The van der Waals surface area contributed by atoms with E-state index in [4.69, 9.17) is 26.1 Å². The van der Waals surface area contributed by atoms with E-state index < -0.39 is 11.8 Å². The molecule has 3 aromatic carbocycles. The van der Waals surface area contributed by atoms with Gasteiger partial charge in [0, 0.05) is 30.2 Å². The number of hydrogen-bond acceptors (Lipinski definition) is 5. The van der Waals surface area contributed by atoms with Crippen LogP contribution in [-0.2, 0) is 37.6 Å². The minimum atomic E-state index is -0.961. The maximum atomic E-state index is 14.2. The Kier molecular flexibility index (Phi) is 10.2. The summed E-state index contributed by atoms with van der Waals surface area (Å²) in [5.41, 5.74) is 3.19. The van der Waals surface area contributed by atoms with Crippen LogP contribution in [0.4, 0.5) is 4.39 Å². The van der Waals surface area contributed by atoms with Crippen LogP contribution >= 0.6 is 11.6 Å². The molecule has 1 aliphatic heterocycles. The minimum Gasteiger partial charge on any atom is -0.548 e. The van der Waals surface area contributed by atoms with Gasteiger partial charge in [0.2, 0.25) is 0 Å². The number of carbonyl (C=O) groups is 1. The van der Waals surface area contributed by atoms with Gasteiger partial charge in [-0.15, -0.1) is 17.2 Å². The molecule has 7 nitrogen and oxygen atoms in total. The van der Waals surface area contributed by atoms with Crippen LogP contribution in [0.25, 0.3) is 11.0 Å². The number of likely N-dealkylation sites (tertiary alicyclic amines) is 1. The molecule has 1 N–H and O–H groups in total. The molecule has 1 aliphatic rings. The quantitative estimate of drug-likeness (QED) is 0.203. The fraction of sp³-hybridized carbons (Fsp3) is 0.300. The first kappa shape index (κ1) is 30.0. The summed E-state index contributed by atoms with van der Waals surface area (Å²) >= 11 is 5.86. The van der Waals surface area contributed by atoms with E-state index in [9.17, 15) is 14.3 Å². The number of piperidine rings is 1. The van der Waals surface area contributed by atoms with Gasteiger partial charge < -0.3 is 19.1 Å². The number of imidazole rings is 1. The molecule has 40 heavy (non-hydrogen) atoms. The van der Waals surface area contributed by atoms with Crippen molar-refractivity contribution in [3.05, 3.63) is 101 Å². The zero-order valence-electron chi connectivity index (χ0n) is 21.9. The fourth-order valence-electron chi connectivity index (χ4n) is 5.04. The molecule has 0 atom stereocenters. The summed E-state index contributed by atoms with van der Waals surface area (Å²) in [6.45, 7) is 4.87. The number of carboxylic acid groups (broad SMARTS) is 1. The summed E-state index contributed by atoms with van der Waals surface area (Å²) in [6, 6.07) is 18.4. The standard InChI is InChI=1S/C30H29ClFN3O4.Os/c1-38-15-14-35-27-16-21(30(36)37)7-9-26(27)33-29(35)18-34-12-10-20(11-13-34)24-4-2-3-5-28(24)39-19-22-6-8-23(31)17-25(22)32;/h2-4,6-9,16-17,19-20H,10-15,18H2,1H3,(H,36,37);/q-2;+2. The molecule has 2 heterocycles. The number of hydrogen-bond donors (Lipinski definition) is 1. The first-order valence-electron chi connectivity index (χ1n) is 12.8. The number of methoxy groups -OCH3 is 1. The Morgan fingerprint density at radius 2 is 2.02 bits per heavy atom. The van der Waals surface area contributed by atoms with E-state index in [1.807, 2.05) is 12.1 Å². The van der Waals surface area contributed by atoms with Gasteiger partial charge in [-0.1, -0.05) is 29.7 Å². The van der Waals surface area contributed by atoms with E-state index in [1.165, 1.54) is 12.7 Å². The summed E-state index contributed by atoms with van der Waals surface area (Å²) in [4.78, 5) is 18.7. The number of benzene rings is 3. The van der Waals surface area contributed by atoms with Crippen LogP contribution in [0.3, 0.4) is 0 Å². The smallest absolute Gasteiger partial charge is 0.548 e. The molecule has 1 fully saturated rings. The number of rotatable bonds is 10. The van der Waals surface area contributed by atoms with Crippen LogP contribution in [0, 0.1) is 18.5 Å². The summed E-state index contributed by atoms with van der Waals surface area (Å²) in [6.07, 6.45) is 1.84. The molecule has 0 spiro atoms. The molecular formula is C30H29ClFN3O4Os. The maximum Gasteiger partial charge on any atom is 2.00 e. The van der Waals surface area contributed by atoms with E-state index >= 15 is 0 Å². The summed E-state index contributed by atoms with van der Waals surface area (Å²) in [7, 11) is 1.65. The van der Waals surface area contributed by atoms with Crippen molar-refractivity contribution in [2.75, 3.05) is 26.8 Å². The zero-order chi connectivity index (χ0) is 27.4. The Hall–Kier alpha value is -2.95. The van der Waals surface area contributed by atoms with Gasteiger partial charge in [0.1, 0.15) is 5.82 Å². The Bertz CT molecular complexity index is 1470. The zero-order valence-corrected chi connectivity index (χ0v) is 25.2. The minimum absolute atomic E-state index is 0. The van der Waals surface area contributed by atoms with Crippen LogP contribution < -0.4 is 4.74 Å². The number of para-hydroxylation sites is 1. The average Bonchev–Trinajstić information content (AvgIpc) is 3.28. The monoisotopic (exact) mass is 741 g/mol. The van der Waals surface area contributed by atoms with Crippen molar-refractivity contribution in [3.8, 4) is 5.75 Å². The van der Waals surface area contributed by atoms with Gasteiger partial charge in [-0.25, -0.2) is 9.78 Å². The van der Waals surface area contributed by atoms with Crippen LogP contribution in [0.15, 0.2) is 54.6 Å². The number of halogens is 2. The van der Waals surface area contributed by atoms with Crippen molar-refractivity contribution in [3.63, 3.8) is 0 Å². The van der Waals surface area contributed by atoms with Crippen LogP contribution in [0.5, 0.6) is 5.75 Å². The van der Waals surface area contributed by atoms with Gasteiger partial charge in [0.25, 0.3) is 0 Å². The molecule has 1 saturated heterocycles. The number of aromatic nitrogens is 2. The van der Waals surface area contributed by atoms with E-state index in [0.717, 1.165) is 48.4 Å². The molecule has 4 aromatic rings. The predicted molar refractivity (Wildman–Crippen MR) is 147 cm³/mol. The normalized spacial score (nSPS) is 14.2. The second-order valence-corrected chi connectivity index (χ2v) is 10.0. The summed E-state index contributed by atoms with van der Waals surface area (Å²) < 4.78 is 27.4. The average molecular weight is 740 g/mol. The number of fused-ring (bicyclic) bond motifs is 1. The molecule has 0 saturated carbocycles. The van der Waals surface area contributed by atoms with E-state index in [-0.39, 0.29) is 31.3 Å². The third-order valence-electron chi connectivity index (χ3n) is 7.10. The van der Waals surface area contributed by atoms with Crippen molar-refractivity contribution < 1.29 is 43.6 Å². The topological polar surface area (TPSA) is 76.8 Å². The van der Waals surface area contributed by atoms with E-state index in [2.05, 4.69) is 15.5 Å². The number of aromatic carboxylic acids is 1. The van der Waals surface area contributed by atoms with Crippen LogP contribution in [0.2, 0.25) is 5.02 Å². The van der Waals surface area contributed by atoms with Gasteiger partial charge in [-0.2, -0.15) is 24.3 Å². The SMILES string of the molecule is COCCn1c(CN2CCC(c3ccc[c-]c3O[CH-]c3ccc(Cl)cc3F)CC2)nc2ccc(C(=O)O)cc21.[Os+2]. The summed E-state index contributed by atoms with van der Waals surface area (Å²) in [5.74, 6) is 0.365. The molecule has 0 amide bonds. The molecule has 1 aromatic heterocycles. The maximum absolute atomic E-state index is 14.2. The fourth-order valence-corrected chi connectivity index (χ4v) is 5.20. The molecule has 10 heteroatoms. The number of carboxylic acids is 1. The Labute approximate surface area is 250 Å². The molecule has 0 bridgehead atoms. The number of nitrogens with zero attached hydrogens (tertiary/aromatic N) is 3. The first-order chi connectivity index (χ1) is 18.9. The largest absolute Gasteiger partial charge is 2.00 e. The van der Waals surface area contributed by atoms with E-state index in [1.54, 1.807) is 43.5 Å². The Morgan fingerprint density at radius 3 is 2.75 bits per heavy atom. The third-order valence-corrected chi connectivity index (χ3v) is 7.34. The van der Waals surface area contributed by atoms with Crippen LogP contribution in [0.1, 0.15) is 46.1 Å². The van der Waals surface area contributed by atoms with Gasteiger partial charge in [-0.3, -0.25) is 9.29 Å². The molecule has 210 valence electrons. The molecule has 0 radical (unpaired) electrons. The third kappa shape index (κ3) is 6.84.